The Hall–Kier alpha value is -1.75. The number of benzene rings is 1. The van der Waals surface area contributed by atoms with Gasteiger partial charge in [-0.15, -0.1) is 5.10 Å². The number of aryl methyl sites for hydroxylation is 1. The van der Waals surface area contributed by atoms with Crippen molar-refractivity contribution in [3.05, 3.63) is 35.7 Å². The number of nitrogens with zero attached hydrogens (tertiary/aromatic N) is 5. The molecule has 3 rings (SSSR count). The maximum atomic E-state index is 4.44. The van der Waals surface area contributed by atoms with Crippen molar-refractivity contribution >= 4 is 0 Å². The lowest BCUT2D eigenvalue weighted by molar-refractivity contribution is 0.0698. The monoisotopic (exact) mass is 299 g/mol. The minimum atomic E-state index is -0.0711. The van der Waals surface area contributed by atoms with Gasteiger partial charge in [-0.2, -0.15) is 4.68 Å². The van der Waals surface area contributed by atoms with Gasteiger partial charge in [-0.25, -0.2) is 0 Å². The third-order valence-electron chi connectivity index (χ3n) is 5.19. The van der Waals surface area contributed by atoms with E-state index in [9.17, 15) is 0 Å². The van der Waals surface area contributed by atoms with E-state index < -0.39 is 0 Å². The Labute approximate surface area is 132 Å². The molecule has 1 fully saturated rings. The second kappa shape index (κ2) is 5.80. The van der Waals surface area contributed by atoms with Crippen LogP contribution in [-0.4, -0.2) is 39.2 Å². The summed E-state index contributed by atoms with van der Waals surface area (Å²) in [6.45, 7) is 4.44. The number of rotatable bonds is 3. The molecule has 1 aliphatic rings. The van der Waals surface area contributed by atoms with Crippen LogP contribution in [0.5, 0.6) is 0 Å². The zero-order chi connectivity index (χ0) is 15.7. The third kappa shape index (κ3) is 2.43. The average molecular weight is 299 g/mol. The molecule has 0 atom stereocenters. The number of aromatic nitrogens is 4. The maximum absolute atomic E-state index is 4.44. The van der Waals surface area contributed by atoms with Crippen LogP contribution in [0.4, 0.5) is 0 Å². The molecule has 1 aromatic heterocycles. The molecule has 1 aromatic carbocycles. The minimum absolute atomic E-state index is 0.0711. The van der Waals surface area contributed by atoms with E-state index >= 15 is 0 Å². The van der Waals surface area contributed by atoms with Crippen LogP contribution >= 0.6 is 0 Å². The first-order valence-electron chi connectivity index (χ1n) is 8.07. The van der Waals surface area contributed by atoms with Crippen molar-refractivity contribution in [2.75, 3.05) is 14.1 Å². The number of hydrogen-bond acceptors (Lipinski definition) is 4. The molecule has 0 spiro atoms. The summed E-state index contributed by atoms with van der Waals surface area (Å²) < 4.78 is 1.94. The lowest BCUT2D eigenvalue weighted by atomic mass is 9.75. The van der Waals surface area contributed by atoms with Gasteiger partial charge in [0.2, 0.25) is 0 Å². The third-order valence-corrected chi connectivity index (χ3v) is 5.19. The Morgan fingerprint density at radius 2 is 1.86 bits per heavy atom. The summed E-state index contributed by atoms with van der Waals surface area (Å²) in [7, 11) is 4.29. The Morgan fingerprint density at radius 1 is 1.18 bits per heavy atom. The van der Waals surface area contributed by atoms with Gasteiger partial charge in [0.05, 0.1) is 11.2 Å². The molecule has 0 unspecified atom stereocenters. The van der Waals surface area contributed by atoms with Crippen LogP contribution in [0.3, 0.4) is 0 Å². The number of para-hydroxylation sites is 1. The van der Waals surface area contributed by atoms with E-state index in [4.69, 9.17) is 0 Å². The van der Waals surface area contributed by atoms with Crippen molar-refractivity contribution in [1.82, 2.24) is 25.1 Å². The largest absolute Gasteiger partial charge is 0.297 e. The Kier molecular flexibility index (Phi) is 4.00. The van der Waals surface area contributed by atoms with Gasteiger partial charge < -0.3 is 0 Å². The van der Waals surface area contributed by atoms with Crippen molar-refractivity contribution in [2.24, 2.45) is 5.92 Å². The van der Waals surface area contributed by atoms with Gasteiger partial charge >= 0.3 is 0 Å². The standard InChI is InChI=1S/C17H25N5/c1-13-9-11-17(12-10-13,21(3)4)16-18-19-20-22(16)15-8-6-5-7-14(15)2/h5-8,13H,9-12H2,1-4H3. The van der Waals surface area contributed by atoms with E-state index in [0.29, 0.717) is 0 Å². The second-order valence-electron chi connectivity index (χ2n) is 6.81. The summed E-state index contributed by atoms with van der Waals surface area (Å²) in [5.74, 6) is 1.76. The first kappa shape index (κ1) is 15.2. The highest BCUT2D eigenvalue weighted by Gasteiger charge is 2.42. The molecule has 0 bridgehead atoms. The van der Waals surface area contributed by atoms with Gasteiger partial charge in [0.1, 0.15) is 0 Å². The summed E-state index contributed by atoms with van der Waals surface area (Å²) in [6, 6.07) is 8.28. The lowest BCUT2D eigenvalue weighted by Crippen LogP contribution is -2.46. The van der Waals surface area contributed by atoms with Gasteiger partial charge in [0.15, 0.2) is 5.82 Å². The van der Waals surface area contributed by atoms with Crippen molar-refractivity contribution in [2.45, 2.75) is 45.1 Å². The molecule has 5 nitrogen and oxygen atoms in total. The fourth-order valence-electron chi connectivity index (χ4n) is 3.55. The molecule has 2 aromatic rings. The molecule has 5 heteroatoms. The molecule has 0 aliphatic heterocycles. The molecule has 1 saturated carbocycles. The lowest BCUT2D eigenvalue weighted by Gasteiger charge is -2.43. The van der Waals surface area contributed by atoms with Gasteiger partial charge in [-0.3, -0.25) is 4.90 Å². The first-order valence-corrected chi connectivity index (χ1v) is 8.07. The predicted octanol–water partition coefficient (Wildman–Crippen LogP) is 2.94. The van der Waals surface area contributed by atoms with Crippen molar-refractivity contribution in [1.29, 1.82) is 0 Å². The van der Waals surface area contributed by atoms with Crippen LogP contribution in [-0.2, 0) is 5.54 Å². The summed E-state index contributed by atoms with van der Waals surface area (Å²) in [5, 5.41) is 12.7. The highest BCUT2D eigenvalue weighted by molar-refractivity contribution is 5.40. The maximum Gasteiger partial charge on any atom is 0.176 e. The normalized spacial score (nSPS) is 25.6. The molecule has 22 heavy (non-hydrogen) atoms. The summed E-state index contributed by atoms with van der Waals surface area (Å²) in [5.41, 5.74) is 2.19. The molecule has 1 aliphatic carbocycles. The van der Waals surface area contributed by atoms with E-state index in [1.807, 2.05) is 16.8 Å². The van der Waals surface area contributed by atoms with Crippen LogP contribution in [0.15, 0.2) is 24.3 Å². The Bertz CT molecular complexity index is 638. The molecule has 0 N–H and O–H groups in total. The summed E-state index contributed by atoms with van der Waals surface area (Å²) >= 11 is 0. The van der Waals surface area contributed by atoms with Crippen molar-refractivity contribution in [3.63, 3.8) is 0 Å². The van der Waals surface area contributed by atoms with Gasteiger partial charge in [-0.05, 0) is 74.7 Å². The molecule has 0 amide bonds. The van der Waals surface area contributed by atoms with E-state index in [1.54, 1.807) is 0 Å². The Morgan fingerprint density at radius 3 is 2.50 bits per heavy atom. The predicted molar refractivity (Wildman–Crippen MR) is 86.9 cm³/mol. The highest BCUT2D eigenvalue weighted by Crippen LogP contribution is 2.42. The molecule has 118 valence electrons. The smallest absolute Gasteiger partial charge is 0.176 e. The molecular formula is C17H25N5. The summed E-state index contributed by atoms with van der Waals surface area (Å²) in [6.07, 6.45) is 4.65. The first-order chi connectivity index (χ1) is 10.5. The van der Waals surface area contributed by atoms with E-state index in [0.717, 1.165) is 30.3 Å². The molecule has 0 saturated heterocycles. The van der Waals surface area contributed by atoms with E-state index in [1.165, 1.54) is 18.4 Å². The Balaban J connectivity index is 2.08. The van der Waals surface area contributed by atoms with E-state index in [-0.39, 0.29) is 5.54 Å². The van der Waals surface area contributed by atoms with Crippen LogP contribution in [0.25, 0.3) is 5.69 Å². The fraction of sp³-hybridized carbons (Fsp3) is 0.588. The highest BCUT2D eigenvalue weighted by atomic mass is 15.6. The quantitative estimate of drug-likeness (QED) is 0.874. The SMILES string of the molecule is Cc1ccccc1-n1nnnc1C1(N(C)C)CCC(C)CC1. The zero-order valence-electron chi connectivity index (χ0n) is 14.0. The van der Waals surface area contributed by atoms with Crippen LogP contribution < -0.4 is 0 Å². The van der Waals surface area contributed by atoms with Gasteiger partial charge in [0, 0.05) is 0 Å². The van der Waals surface area contributed by atoms with Crippen LogP contribution in [0.1, 0.15) is 44.0 Å². The minimum Gasteiger partial charge on any atom is -0.297 e. The van der Waals surface area contributed by atoms with Crippen LogP contribution in [0.2, 0.25) is 0 Å². The summed E-state index contributed by atoms with van der Waals surface area (Å²) in [4.78, 5) is 2.30. The molecule has 0 radical (unpaired) electrons. The van der Waals surface area contributed by atoms with Crippen molar-refractivity contribution < 1.29 is 0 Å². The topological polar surface area (TPSA) is 46.8 Å². The number of tetrazole rings is 1. The molecular weight excluding hydrogens is 274 g/mol. The van der Waals surface area contributed by atoms with Crippen molar-refractivity contribution in [3.8, 4) is 5.69 Å². The van der Waals surface area contributed by atoms with E-state index in [2.05, 4.69) is 60.5 Å². The fourth-order valence-corrected chi connectivity index (χ4v) is 3.55. The van der Waals surface area contributed by atoms with Gasteiger partial charge in [0.25, 0.3) is 0 Å². The average Bonchev–Trinajstić information content (AvgIpc) is 2.98. The van der Waals surface area contributed by atoms with Gasteiger partial charge in [-0.1, -0.05) is 25.1 Å². The number of hydrogen-bond donors (Lipinski definition) is 0. The second-order valence-corrected chi connectivity index (χ2v) is 6.81. The molecule has 1 heterocycles. The zero-order valence-corrected chi connectivity index (χ0v) is 14.0. The van der Waals surface area contributed by atoms with Crippen LogP contribution in [0, 0.1) is 12.8 Å².